The molecule has 0 spiro atoms. The summed E-state index contributed by atoms with van der Waals surface area (Å²) in [5.74, 6) is 0.0350. The van der Waals surface area contributed by atoms with Crippen LogP contribution in [0.1, 0.15) is 23.4 Å². The lowest BCUT2D eigenvalue weighted by Gasteiger charge is -2.12. The van der Waals surface area contributed by atoms with Gasteiger partial charge in [-0.25, -0.2) is 8.42 Å². The van der Waals surface area contributed by atoms with Gasteiger partial charge < -0.3 is 4.42 Å². The van der Waals surface area contributed by atoms with E-state index in [9.17, 15) is 13.2 Å². The molecule has 82 valence electrons. The summed E-state index contributed by atoms with van der Waals surface area (Å²) in [6, 6.07) is 2.67. The number of carbonyl (C=O) groups is 1. The molecule has 15 heavy (non-hydrogen) atoms. The van der Waals surface area contributed by atoms with E-state index in [0.29, 0.717) is 19.4 Å². The van der Waals surface area contributed by atoms with Gasteiger partial charge in [-0.2, -0.15) is 4.31 Å². The average molecular weight is 229 g/mol. The fourth-order valence-electron chi connectivity index (χ4n) is 1.59. The van der Waals surface area contributed by atoms with Gasteiger partial charge in [-0.1, -0.05) is 0 Å². The number of aldehydes is 1. The van der Waals surface area contributed by atoms with Crippen molar-refractivity contribution in [3.63, 3.8) is 0 Å². The SMILES string of the molecule is O=Cc1ccc(S(=O)(=O)N2CCCC2)o1. The molecule has 1 fully saturated rings. The maximum atomic E-state index is 11.9. The second-order valence-corrected chi connectivity index (χ2v) is 5.25. The van der Waals surface area contributed by atoms with Gasteiger partial charge >= 0.3 is 0 Å². The summed E-state index contributed by atoms with van der Waals surface area (Å²) in [5, 5.41) is -0.147. The van der Waals surface area contributed by atoms with Gasteiger partial charge in [-0.05, 0) is 25.0 Å². The maximum Gasteiger partial charge on any atom is 0.276 e. The van der Waals surface area contributed by atoms with Crippen LogP contribution in [0.2, 0.25) is 0 Å². The van der Waals surface area contributed by atoms with E-state index in [-0.39, 0.29) is 10.9 Å². The summed E-state index contributed by atoms with van der Waals surface area (Å²) < 4.78 is 30.0. The van der Waals surface area contributed by atoms with Crippen molar-refractivity contribution in [1.29, 1.82) is 0 Å². The first-order valence-electron chi connectivity index (χ1n) is 4.70. The molecular formula is C9H11NO4S. The largest absolute Gasteiger partial charge is 0.440 e. The Bertz CT molecular complexity index is 456. The van der Waals surface area contributed by atoms with Gasteiger partial charge in [0.05, 0.1) is 0 Å². The molecule has 0 aromatic carbocycles. The number of sulfonamides is 1. The van der Waals surface area contributed by atoms with E-state index < -0.39 is 10.0 Å². The van der Waals surface area contributed by atoms with E-state index in [1.807, 2.05) is 0 Å². The van der Waals surface area contributed by atoms with Crippen LogP contribution in [0.5, 0.6) is 0 Å². The van der Waals surface area contributed by atoms with Crippen LogP contribution in [0.15, 0.2) is 21.6 Å². The van der Waals surface area contributed by atoms with Crippen LogP contribution in [0.4, 0.5) is 0 Å². The number of hydrogen-bond acceptors (Lipinski definition) is 4. The summed E-state index contributed by atoms with van der Waals surface area (Å²) in [6.45, 7) is 1.05. The highest BCUT2D eigenvalue weighted by molar-refractivity contribution is 7.89. The molecule has 1 saturated heterocycles. The normalized spacial score (nSPS) is 18.1. The van der Waals surface area contributed by atoms with Gasteiger partial charge in [0.25, 0.3) is 10.0 Å². The lowest BCUT2D eigenvalue weighted by atomic mass is 10.4. The Kier molecular flexibility index (Phi) is 2.62. The average Bonchev–Trinajstić information content (AvgIpc) is 2.89. The van der Waals surface area contributed by atoms with Crippen LogP contribution < -0.4 is 0 Å². The highest BCUT2D eigenvalue weighted by atomic mass is 32.2. The molecule has 1 aromatic heterocycles. The van der Waals surface area contributed by atoms with Crippen molar-refractivity contribution >= 4 is 16.3 Å². The van der Waals surface area contributed by atoms with Crippen LogP contribution in [0.25, 0.3) is 0 Å². The maximum absolute atomic E-state index is 11.9. The zero-order valence-electron chi connectivity index (χ0n) is 8.05. The number of nitrogens with zero attached hydrogens (tertiary/aromatic N) is 1. The summed E-state index contributed by atoms with van der Waals surface area (Å²) >= 11 is 0. The minimum atomic E-state index is -3.52. The second-order valence-electron chi connectivity index (χ2n) is 3.39. The third-order valence-corrected chi connectivity index (χ3v) is 4.15. The highest BCUT2D eigenvalue weighted by Gasteiger charge is 2.29. The van der Waals surface area contributed by atoms with Crippen LogP contribution in [-0.2, 0) is 10.0 Å². The number of hydrogen-bond donors (Lipinski definition) is 0. The van der Waals surface area contributed by atoms with Gasteiger partial charge in [0, 0.05) is 13.1 Å². The number of rotatable bonds is 3. The standard InChI is InChI=1S/C9H11NO4S/c11-7-8-3-4-9(14-8)15(12,13)10-5-1-2-6-10/h3-4,7H,1-2,5-6H2. The minimum Gasteiger partial charge on any atom is -0.440 e. The summed E-state index contributed by atoms with van der Waals surface area (Å²) in [5.41, 5.74) is 0. The van der Waals surface area contributed by atoms with Crippen LogP contribution in [-0.4, -0.2) is 32.1 Å². The smallest absolute Gasteiger partial charge is 0.276 e. The topological polar surface area (TPSA) is 67.6 Å². The van der Waals surface area contributed by atoms with Crippen LogP contribution in [0, 0.1) is 0 Å². The van der Waals surface area contributed by atoms with Gasteiger partial charge in [-0.15, -0.1) is 0 Å². The molecule has 0 amide bonds. The molecule has 2 rings (SSSR count). The molecule has 0 atom stereocenters. The molecule has 0 unspecified atom stereocenters. The summed E-state index contributed by atoms with van der Waals surface area (Å²) in [4.78, 5) is 10.4. The third kappa shape index (κ3) is 1.82. The predicted molar refractivity (Wildman–Crippen MR) is 52.1 cm³/mol. The zero-order chi connectivity index (χ0) is 10.9. The van der Waals surface area contributed by atoms with Crippen molar-refractivity contribution < 1.29 is 17.6 Å². The predicted octanol–water partition coefficient (Wildman–Crippen LogP) is 0.877. The Hall–Kier alpha value is -1.14. The van der Waals surface area contributed by atoms with E-state index in [2.05, 4.69) is 0 Å². The Morgan fingerprint density at radius 3 is 2.47 bits per heavy atom. The first-order chi connectivity index (χ1) is 7.14. The van der Waals surface area contributed by atoms with Gasteiger partial charge in [0.15, 0.2) is 12.0 Å². The Labute approximate surface area is 87.7 Å². The van der Waals surface area contributed by atoms with Crippen LogP contribution in [0.3, 0.4) is 0 Å². The molecule has 1 aromatic rings. The molecule has 0 saturated carbocycles. The third-order valence-electron chi connectivity index (χ3n) is 2.38. The number of furan rings is 1. The quantitative estimate of drug-likeness (QED) is 0.721. The van der Waals surface area contributed by atoms with Crippen molar-refractivity contribution in [2.75, 3.05) is 13.1 Å². The Morgan fingerprint density at radius 1 is 1.27 bits per heavy atom. The molecule has 0 N–H and O–H groups in total. The molecule has 0 radical (unpaired) electrons. The van der Waals surface area contributed by atoms with Crippen molar-refractivity contribution in [1.82, 2.24) is 4.31 Å². The molecule has 1 aliphatic heterocycles. The van der Waals surface area contributed by atoms with E-state index in [1.54, 1.807) is 0 Å². The van der Waals surface area contributed by atoms with Crippen molar-refractivity contribution in [3.8, 4) is 0 Å². The first-order valence-corrected chi connectivity index (χ1v) is 6.14. The van der Waals surface area contributed by atoms with Crippen molar-refractivity contribution in [3.05, 3.63) is 17.9 Å². The van der Waals surface area contributed by atoms with Crippen LogP contribution >= 0.6 is 0 Å². The molecule has 5 nitrogen and oxygen atoms in total. The van der Waals surface area contributed by atoms with Crippen molar-refractivity contribution in [2.24, 2.45) is 0 Å². The van der Waals surface area contributed by atoms with E-state index in [4.69, 9.17) is 4.42 Å². The number of carbonyl (C=O) groups excluding carboxylic acids is 1. The van der Waals surface area contributed by atoms with Gasteiger partial charge in [-0.3, -0.25) is 4.79 Å². The molecule has 2 heterocycles. The van der Waals surface area contributed by atoms with Gasteiger partial charge in [0.2, 0.25) is 5.09 Å². The Balaban J connectivity index is 2.32. The molecule has 1 aliphatic rings. The highest BCUT2D eigenvalue weighted by Crippen LogP contribution is 2.21. The Morgan fingerprint density at radius 2 is 1.93 bits per heavy atom. The lowest BCUT2D eigenvalue weighted by Crippen LogP contribution is -2.27. The monoisotopic (exact) mass is 229 g/mol. The second kappa shape index (κ2) is 3.79. The zero-order valence-corrected chi connectivity index (χ0v) is 8.87. The first kappa shape index (κ1) is 10.4. The van der Waals surface area contributed by atoms with Gasteiger partial charge in [0.1, 0.15) is 0 Å². The van der Waals surface area contributed by atoms with E-state index in [0.717, 1.165) is 12.8 Å². The fraction of sp³-hybridized carbons (Fsp3) is 0.444. The lowest BCUT2D eigenvalue weighted by molar-refractivity contribution is 0.109. The minimum absolute atomic E-state index is 0.0350. The summed E-state index contributed by atoms with van der Waals surface area (Å²) in [6.07, 6.45) is 2.24. The fourth-order valence-corrected chi connectivity index (χ4v) is 3.03. The van der Waals surface area contributed by atoms with Crippen molar-refractivity contribution in [2.45, 2.75) is 17.9 Å². The summed E-state index contributed by atoms with van der Waals surface area (Å²) in [7, 11) is -3.52. The molecule has 0 aliphatic carbocycles. The van der Waals surface area contributed by atoms with E-state index >= 15 is 0 Å². The van der Waals surface area contributed by atoms with E-state index in [1.165, 1.54) is 16.4 Å². The molecule has 0 bridgehead atoms. The molecule has 6 heteroatoms. The molecular weight excluding hydrogens is 218 g/mol.